The minimum Gasteiger partial charge on any atom is -0.398 e. The van der Waals surface area contributed by atoms with E-state index in [1.54, 1.807) is 6.07 Å². The van der Waals surface area contributed by atoms with Crippen LogP contribution in [0.3, 0.4) is 0 Å². The van der Waals surface area contributed by atoms with Gasteiger partial charge >= 0.3 is 0 Å². The van der Waals surface area contributed by atoms with Crippen molar-refractivity contribution >= 4 is 11.5 Å². The fraction of sp³-hybridized carbons (Fsp3) is 0.417. The summed E-state index contributed by atoms with van der Waals surface area (Å²) < 4.78 is 0. The Kier molecular flexibility index (Phi) is 2.28. The lowest BCUT2D eigenvalue weighted by atomic mass is 9.80. The van der Waals surface area contributed by atoms with Gasteiger partial charge in [0, 0.05) is 17.2 Å². The predicted octanol–water partition coefficient (Wildman–Crippen LogP) is 2.56. The number of Topliss-reactive ketones (excluding diaryl/α,β-unsaturated/α-hetero) is 1. The van der Waals surface area contributed by atoms with Crippen molar-refractivity contribution in [2.75, 3.05) is 5.73 Å². The van der Waals surface area contributed by atoms with E-state index in [1.165, 1.54) is 6.42 Å². The summed E-state index contributed by atoms with van der Waals surface area (Å²) in [5.41, 5.74) is 8.30. The molecule has 0 aromatic heterocycles. The average Bonchev–Trinajstić information content (AvgIpc) is 2.06. The predicted molar refractivity (Wildman–Crippen MR) is 57.3 cm³/mol. The van der Waals surface area contributed by atoms with E-state index in [4.69, 9.17) is 5.73 Å². The second-order valence-electron chi connectivity index (χ2n) is 4.06. The molecule has 1 aliphatic rings. The van der Waals surface area contributed by atoms with Crippen LogP contribution in [-0.2, 0) is 0 Å². The van der Waals surface area contributed by atoms with Crippen molar-refractivity contribution in [3.05, 3.63) is 29.3 Å². The lowest BCUT2D eigenvalue weighted by Crippen LogP contribution is -2.22. The van der Waals surface area contributed by atoms with Gasteiger partial charge in [-0.3, -0.25) is 4.79 Å². The number of nitrogens with two attached hydrogens (primary N) is 1. The summed E-state index contributed by atoms with van der Waals surface area (Å²) in [5.74, 6) is 0.528. The van der Waals surface area contributed by atoms with Crippen LogP contribution in [0.2, 0.25) is 0 Å². The molecule has 0 amide bonds. The topological polar surface area (TPSA) is 43.1 Å². The fourth-order valence-electron chi connectivity index (χ4n) is 1.70. The van der Waals surface area contributed by atoms with Gasteiger partial charge in [-0.25, -0.2) is 0 Å². The molecule has 0 saturated heterocycles. The highest BCUT2D eigenvalue weighted by atomic mass is 16.1. The highest BCUT2D eigenvalue weighted by molar-refractivity contribution is 5.99. The number of anilines is 1. The maximum absolute atomic E-state index is 11.8. The van der Waals surface area contributed by atoms with Crippen molar-refractivity contribution in [1.29, 1.82) is 0 Å². The first kappa shape index (κ1) is 9.25. The van der Waals surface area contributed by atoms with Crippen LogP contribution in [0.4, 0.5) is 5.69 Å². The molecule has 1 aromatic carbocycles. The van der Waals surface area contributed by atoms with Gasteiger partial charge < -0.3 is 5.73 Å². The number of rotatable bonds is 2. The van der Waals surface area contributed by atoms with Gasteiger partial charge in [0.15, 0.2) is 5.78 Å². The summed E-state index contributed by atoms with van der Waals surface area (Å²) in [4.78, 5) is 11.8. The van der Waals surface area contributed by atoms with E-state index in [0.29, 0.717) is 0 Å². The van der Waals surface area contributed by atoms with Crippen LogP contribution in [-0.4, -0.2) is 5.78 Å². The minimum absolute atomic E-state index is 0.261. The number of benzene rings is 1. The maximum Gasteiger partial charge on any atom is 0.166 e. The van der Waals surface area contributed by atoms with Crippen molar-refractivity contribution in [2.45, 2.75) is 26.2 Å². The number of aryl methyl sites for hydroxylation is 1. The van der Waals surface area contributed by atoms with Crippen LogP contribution in [0.25, 0.3) is 0 Å². The molecule has 0 bridgehead atoms. The van der Waals surface area contributed by atoms with Crippen LogP contribution in [0.15, 0.2) is 18.2 Å². The molecule has 0 atom stereocenters. The molecule has 2 heteroatoms. The maximum atomic E-state index is 11.8. The zero-order chi connectivity index (χ0) is 10.1. The molecule has 14 heavy (non-hydrogen) atoms. The highest BCUT2D eigenvalue weighted by Crippen LogP contribution is 2.30. The van der Waals surface area contributed by atoms with E-state index in [0.717, 1.165) is 29.7 Å². The van der Waals surface area contributed by atoms with Crippen LogP contribution >= 0.6 is 0 Å². The van der Waals surface area contributed by atoms with Crippen LogP contribution in [0.5, 0.6) is 0 Å². The van der Waals surface area contributed by atoms with Gasteiger partial charge in [0.05, 0.1) is 0 Å². The van der Waals surface area contributed by atoms with Crippen LogP contribution < -0.4 is 5.73 Å². The molecule has 1 saturated carbocycles. The molecule has 0 heterocycles. The Hall–Kier alpha value is -1.31. The zero-order valence-corrected chi connectivity index (χ0v) is 8.42. The molecule has 2 nitrogen and oxygen atoms in total. The van der Waals surface area contributed by atoms with E-state index in [1.807, 2.05) is 19.1 Å². The van der Waals surface area contributed by atoms with Gasteiger partial charge in [0.25, 0.3) is 0 Å². The molecular formula is C12H15NO. The second kappa shape index (κ2) is 3.45. The van der Waals surface area contributed by atoms with Crippen molar-refractivity contribution in [2.24, 2.45) is 5.92 Å². The number of hydrogen-bond donors (Lipinski definition) is 1. The molecule has 2 N–H and O–H groups in total. The fourth-order valence-corrected chi connectivity index (χ4v) is 1.70. The lowest BCUT2D eigenvalue weighted by molar-refractivity contribution is 0.0855. The van der Waals surface area contributed by atoms with E-state index in [2.05, 4.69) is 0 Å². The van der Waals surface area contributed by atoms with Gasteiger partial charge in [-0.15, -0.1) is 0 Å². The van der Waals surface area contributed by atoms with Crippen molar-refractivity contribution < 1.29 is 4.79 Å². The minimum atomic E-state index is 0.261. The van der Waals surface area contributed by atoms with Gasteiger partial charge in [0.1, 0.15) is 0 Å². The first-order chi connectivity index (χ1) is 6.68. The monoisotopic (exact) mass is 189 g/mol. The Morgan fingerprint density at radius 2 is 2.14 bits per heavy atom. The second-order valence-corrected chi connectivity index (χ2v) is 4.06. The molecule has 0 unspecified atom stereocenters. The Morgan fingerprint density at radius 1 is 1.43 bits per heavy atom. The summed E-state index contributed by atoms with van der Waals surface area (Å²) in [6.45, 7) is 1.95. The lowest BCUT2D eigenvalue weighted by Gasteiger charge is -2.23. The molecular weight excluding hydrogens is 174 g/mol. The third kappa shape index (κ3) is 1.52. The van der Waals surface area contributed by atoms with E-state index in [9.17, 15) is 4.79 Å². The third-order valence-electron chi connectivity index (χ3n) is 3.04. The summed E-state index contributed by atoms with van der Waals surface area (Å²) >= 11 is 0. The molecule has 2 rings (SSSR count). The highest BCUT2D eigenvalue weighted by Gasteiger charge is 2.26. The Labute approximate surface area is 84.1 Å². The van der Waals surface area contributed by atoms with E-state index >= 15 is 0 Å². The molecule has 0 radical (unpaired) electrons. The first-order valence-electron chi connectivity index (χ1n) is 5.09. The number of carbonyl (C=O) groups excluding carboxylic acids is 1. The van der Waals surface area contributed by atoms with E-state index in [-0.39, 0.29) is 11.7 Å². The number of carbonyl (C=O) groups is 1. The third-order valence-corrected chi connectivity index (χ3v) is 3.04. The van der Waals surface area contributed by atoms with Crippen molar-refractivity contribution in [3.8, 4) is 0 Å². The van der Waals surface area contributed by atoms with Gasteiger partial charge in [-0.2, -0.15) is 0 Å². The number of ketones is 1. The average molecular weight is 189 g/mol. The number of hydrogen-bond acceptors (Lipinski definition) is 2. The van der Waals surface area contributed by atoms with Crippen molar-refractivity contribution in [3.63, 3.8) is 0 Å². The normalized spacial score (nSPS) is 16.4. The standard InChI is InChI=1S/C12H15NO/c1-8-5-6-10(7-11(8)13)12(14)9-3-2-4-9/h5-7,9H,2-4,13H2,1H3. The van der Waals surface area contributed by atoms with Gasteiger partial charge in [0.2, 0.25) is 0 Å². The van der Waals surface area contributed by atoms with E-state index < -0.39 is 0 Å². The SMILES string of the molecule is Cc1ccc(C(=O)C2CCC2)cc1N. The molecule has 1 aliphatic carbocycles. The largest absolute Gasteiger partial charge is 0.398 e. The molecule has 1 aromatic rings. The summed E-state index contributed by atoms with van der Waals surface area (Å²) in [7, 11) is 0. The Morgan fingerprint density at radius 3 is 2.64 bits per heavy atom. The first-order valence-corrected chi connectivity index (χ1v) is 5.09. The molecule has 1 fully saturated rings. The van der Waals surface area contributed by atoms with Crippen LogP contribution in [0.1, 0.15) is 35.2 Å². The van der Waals surface area contributed by atoms with Gasteiger partial charge in [-0.1, -0.05) is 18.6 Å². The molecule has 0 spiro atoms. The quantitative estimate of drug-likeness (QED) is 0.574. The summed E-state index contributed by atoms with van der Waals surface area (Å²) in [5, 5.41) is 0. The Bertz CT molecular complexity index is 367. The zero-order valence-electron chi connectivity index (χ0n) is 8.42. The van der Waals surface area contributed by atoms with Crippen LogP contribution in [0, 0.1) is 12.8 Å². The Balaban J connectivity index is 2.23. The van der Waals surface area contributed by atoms with Crippen molar-refractivity contribution in [1.82, 2.24) is 0 Å². The summed E-state index contributed by atoms with van der Waals surface area (Å²) in [6, 6.07) is 5.60. The molecule has 74 valence electrons. The van der Waals surface area contributed by atoms with Gasteiger partial charge in [-0.05, 0) is 31.4 Å². The number of nitrogen functional groups attached to an aromatic ring is 1. The molecule has 0 aliphatic heterocycles. The summed E-state index contributed by atoms with van der Waals surface area (Å²) in [6.07, 6.45) is 3.29. The smallest absolute Gasteiger partial charge is 0.166 e.